The van der Waals surface area contributed by atoms with Gasteiger partial charge in [0, 0.05) is 6.42 Å². The number of hydrogen-bond acceptors (Lipinski definition) is 5. The highest BCUT2D eigenvalue weighted by molar-refractivity contribution is 5.73. The van der Waals surface area contributed by atoms with Crippen molar-refractivity contribution in [1.82, 2.24) is 15.0 Å². The zero-order valence-electron chi connectivity index (χ0n) is 13.2. The van der Waals surface area contributed by atoms with Crippen molar-refractivity contribution in [2.45, 2.75) is 24.9 Å². The number of fused-ring (bicyclic) bond motifs is 1. The number of aliphatic hydroxyl groups excluding tert-OH is 1. The second kappa shape index (κ2) is 6.32. The Morgan fingerprint density at radius 1 is 1.08 bits per heavy atom. The topological polar surface area (TPSA) is 69.4 Å². The molecule has 24 heavy (non-hydrogen) atoms. The quantitative estimate of drug-likeness (QED) is 0.751. The second-order valence-corrected chi connectivity index (χ2v) is 6.03. The minimum atomic E-state index is -0.875. The minimum Gasteiger partial charge on any atom is -0.391 e. The summed E-state index contributed by atoms with van der Waals surface area (Å²) in [5.41, 5.74) is 1.83. The number of benzene rings is 2. The maximum absolute atomic E-state index is 9.77. The molecule has 1 fully saturated rings. The van der Waals surface area contributed by atoms with Crippen LogP contribution in [0.15, 0.2) is 54.6 Å². The first kappa shape index (κ1) is 15.3. The first-order valence-corrected chi connectivity index (χ1v) is 8.02. The molecule has 0 bridgehead atoms. The van der Waals surface area contributed by atoms with Gasteiger partial charge in [0.15, 0.2) is 0 Å². The molecule has 1 aliphatic heterocycles. The smallest absolute Gasteiger partial charge is 0.205 e. The zero-order chi connectivity index (χ0) is 16.4. The third-order valence-corrected chi connectivity index (χ3v) is 4.25. The predicted molar refractivity (Wildman–Crippen MR) is 88.2 cm³/mol. The lowest BCUT2D eigenvalue weighted by Gasteiger charge is -2.45. The third kappa shape index (κ3) is 2.80. The summed E-state index contributed by atoms with van der Waals surface area (Å²) in [6.07, 6.45) is 0.564. The molecule has 0 unspecified atom stereocenters. The van der Waals surface area contributed by atoms with Crippen molar-refractivity contribution in [3.63, 3.8) is 0 Å². The van der Waals surface area contributed by atoms with Crippen LogP contribution in [0.3, 0.4) is 0 Å². The summed E-state index contributed by atoms with van der Waals surface area (Å²) in [5, 5.41) is 18.6. The van der Waals surface area contributed by atoms with Crippen LogP contribution < -0.4 is 0 Å². The first-order valence-electron chi connectivity index (χ1n) is 8.02. The molecule has 0 radical (unpaired) electrons. The van der Waals surface area contributed by atoms with Gasteiger partial charge in [-0.2, -0.15) is 10.2 Å². The van der Waals surface area contributed by atoms with E-state index in [1.165, 1.54) is 4.80 Å². The van der Waals surface area contributed by atoms with E-state index < -0.39 is 5.72 Å². The Morgan fingerprint density at radius 3 is 2.33 bits per heavy atom. The van der Waals surface area contributed by atoms with Crippen molar-refractivity contribution in [3.05, 3.63) is 60.2 Å². The Balaban J connectivity index is 1.36. The molecule has 0 aliphatic carbocycles. The summed E-state index contributed by atoms with van der Waals surface area (Å²) in [7, 11) is 0. The van der Waals surface area contributed by atoms with Crippen LogP contribution in [0.2, 0.25) is 0 Å². The highest BCUT2D eigenvalue weighted by atomic mass is 16.6. The molecule has 2 aromatic carbocycles. The lowest BCUT2D eigenvalue weighted by atomic mass is 9.99. The van der Waals surface area contributed by atoms with Crippen LogP contribution in [-0.4, -0.2) is 39.4 Å². The average Bonchev–Trinajstić information content (AvgIpc) is 3.02. The molecular weight excluding hydrogens is 306 g/mol. The molecule has 0 saturated carbocycles. The van der Waals surface area contributed by atoms with E-state index in [1.54, 1.807) is 0 Å². The Labute approximate surface area is 139 Å². The maximum atomic E-state index is 9.77. The van der Waals surface area contributed by atoms with Crippen LogP contribution in [0.1, 0.15) is 12.0 Å². The van der Waals surface area contributed by atoms with Crippen LogP contribution in [0, 0.1) is 0 Å². The highest BCUT2D eigenvalue weighted by Gasteiger charge is 2.49. The summed E-state index contributed by atoms with van der Waals surface area (Å²) in [5.74, 6) is 0. The molecule has 2 heterocycles. The van der Waals surface area contributed by atoms with Gasteiger partial charge in [0.05, 0.1) is 25.9 Å². The van der Waals surface area contributed by atoms with Crippen molar-refractivity contribution >= 4 is 11.0 Å². The SMILES string of the molecule is OC[C@@]1(n2nc3ccccc3n2)C[C@@H](COCc2ccccc2)O1. The largest absolute Gasteiger partial charge is 0.391 e. The van der Waals surface area contributed by atoms with Gasteiger partial charge in [0.2, 0.25) is 5.72 Å². The molecule has 3 aromatic rings. The van der Waals surface area contributed by atoms with Crippen LogP contribution in [0.4, 0.5) is 0 Å². The highest BCUT2D eigenvalue weighted by Crippen LogP contribution is 2.36. The third-order valence-electron chi connectivity index (χ3n) is 4.25. The summed E-state index contributed by atoms with van der Waals surface area (Å²) in [6, 6.07) is 17.6. The van der Waals surface area contributed by atoms with Crippen LogP contribution in [0.25, 0.3) is 11.0 Å². The molecule has 1 N–H and O–H groups in total. The fourth-order valence-corrected chi connectivity index (χ4v) is 2.97. The number of rotatable bonds is 6. The zero-order valence-corrected chi connectivity index (χ0v) is 13.2. The maximum Gasteiger partial charge on any atom is 0.205 e. The Morgan fingerprint density at radius 2 is 1.71 bits per heavy atom. The van der Waals surface area contributed by atoms with Gasteiger partial charge in [-0.1, -0.05) is 42.5 Å². The molecule has 4 rings (SSSR count). The normalized spacial score (nSPS) is 23.3. The fraction of sp³-hybridized carbons (Fsp3) is 0.333. The Hall–Kier alpha value is -2.28. The van der Waals surface area contributed by atoms with E-state index >= 15 is 0 Å². The van der Waals surface area contributed by atoms with Crippen LogP contribution in [0.5, 0.6) is 0 Å². The second-order valence-electron chi connectivity index (χ2n) is 6.03. The molecule has 1 saturated heterocycles. The molecule has 0 amide bonds. The van der Waals surface area contributed by atoms with Crippen molar-refractivity contribution in [2.75, 3.05) is 13.2 Å². The Bertz CT molecular complexity index is 780. The summed E-state index contributed by atoms with van der Waals surface area (Å²) in [6.45, 7) is 0.872. The number of aromatic nitrogens is 3. The van der Waals surface area contributed by atoms with Gasteiger partial charge >= 0.3 is 0 Å². The number of nitrogens with zero attached hydrogens (tertiary/aromatic N) is 3. The monoisotopic (exact) mass is 325 g/mol. The predicted octanol–water partition coefficient (Wildman–Crippen LogP) is 2.08. The summed E-state index contributed by atoms with van der Waals surface area (Å²) < 4.78 is 11.6. The number of ether oxygens (including phenoxy) is 2. The lowest BCUT2D eigenvalue weighted by Crippen LogP contribution is -2.57. The molecule has 1 aromatic heterocycles. The van der Waals surface area contributed by atoms with Crippen molar-refractivity contribution in [3.8, 4) is 0 Å². The van der Waals surface area contributed by atoms with Gasteiger partial charge in [-0.15, -0.1) is 4.80 Å². The first-order chi connectivity index (χ1) is 11.8. The van der Waals surface area contributed by atoms with Gasteiger partial charge in [-0.25, -0.2) is 0 Å². The fourth-order valence-electron chi connectivity index (χ4n) is 2.97. The van der Waals surface area contributed by atoms with Crippen molar-refractivity contribution in [2.24, 2.45) is 0 Å². The van der Waals surface area contributed by atoms with Gasteiger partial charge in [0.1, 0.15) is 11.0 Å². The summed E-state index contributed by atoms with van der Waals surface area (Å²) >= 11 is 0. The van der Waals surface area contributed by atoms with E-state index in [2.05, 4.69) is 10.2 Å². The average molecular weight is 325 g/mol. The molecule has 1 aliphatic rings. The number of hydrogen-bond donors (Lipinski definition) is 1. The van der Waals surface area contributed by atoms with Gasteiger partial charge in [-0.05, 0) is 17.7 Å². The van der Waals surface area contributed by atoms with Crippen LogP contribution >= 0.6 is 0 Å². The van der Waals surface area contributed by atoms with Gasteiger partial charge in [-0.3, -0.25) is 0 Å². The molecule has 2 atom stereocenters. The van der Waals surface area contributed by atoms with Crippen molar-refractivity contribution in [1.29, 1.82) is 0 Å². The molecule has 6 nitrogen and oxygen atoms in total. The van der Waals surface area contributed by atoms with E-state index in [9.17, 15) is 5.11 Å². The van der Waals surface area contributed by atoms with Gasteiger partial charge < -0.3 is 14.6 Å². The lowest BCUT2D eigenvalue weighted by molar-refractivity contribution is -0.294. The van der Waals surface area contributed by atoms with E-state index in [4.69, 9.17) is 9.47 Å². The van der Waals surface area contributed by atoms with Crippen LogP contribution in [-0.2, 0) is 21.8 Å². The molecule has 0 spiro atoms. The summed E-state index contributed by atoms with van der Waals surface area (Å²) in [4.78, 5) is 1.49. The molecule has 6 heteroatoms. The van der Waals surface area contributed by atoms with E-state index in [0.29, 0.717) is 19.6 Å². The molecule has 124 valence electrons. The van der Waals surface area contributed by atoms with E-state index in [1.807, 2.05) is 54.6 Å². The molecular formula is C18H19N3O3. The van der Waals surface area contributed by atoms with E-state index in [0.717, 1.165) is 16.6 Å². The van der Waals surface area contributed by atoms with E-state index in [-0.39, 0.29) is 12.7 Å². The number of aliphatic hydroxyl groups is 1. The standard InChI is InChI=1S/C18H19N3O3/c22-13-18(21-19-16-8-4-5-9-17(16)20-21)10-15(24-18)12-23-11-14-6-2-1-3-7-14/h1-9,15,22H,10-13H2/t15-,18+/m0/s1. The van der Waals surface area contributed by atoms with Crippen molar-refractivity contribution < 1.29 is 14.6 Å². The van der Waals surface area contributed by atoms with Gasteiger partial charge in [0.25, 0.3) is 0 Å². The Kier molecular flexibility index (Phi) is 4.02. The minimum absolute atomic E-state index is 0.0602.